The number of hydrogen-bond donors (Lipinski definition) is 3. The molecule has 0 atom stereocenters. The molecule has 36 heavy (non-hydrogen) atoms. The molecule has 0 radical (unpaired) electrons. The van der Waals surface area contributed by atoms with Gasteiger partial charge in [-0.15, -0.1) is 0 Å². The maximum Gasteiger partial charge on any atom is 0.412 e. The first-order valence-corrected chi connectivity index (χ1v) is 11.6. The summed E-state index contributed by atoms with van der Waals surface area (Å²) in [4.78, 5) is 42.1. The fraction of sp³-hybridized carbons (Fsp3) is 0.308. The lowest BCUT2D eigenvalue weighted by Gasteiger charge is -2.12. The summed E-state index contributed by atoms with van der Waals surface area (Å²) in [5, 5.41) is 17.5. The lowest BCUT2D eigenvalue weighted by molar-refractivity contribution is -0.136. The summed E-state index contributed by atoms with van der Waals surface area (Å²) in [5.74, 6) is -0.910. The van der Waals surface area contributed by atoms with Crippen LogP contribution in [0.25, 0.3) is 32.6 Å². The van der Waals surface area contributed by atoms with E-state index in [1.54, 1.807) is 18.3 Å². The number of carboxylic acids is 1. The van der Waals surface area contributed by atoms with Crippen molar-refractivity contribution in [1.82, 2.24) is 25.1 Å². The Hall–Kier alpha value is -4.18. The molecule has 0 aliphatic carbocycles. The number of likely N-dealkylation sites (N-methyl/N-ethyl adjacent to an activating group) is 1. The summed E-state index contributed by atoms with van der Waals surface area (Å²) in [5.41, 5.74) is 3.32. The smallest absolute Gasteiger partial charge is 0.412 e. The molecule has 0 aliphatic heterocycles. The van der Waals surface area contributed by atoms with Crippen molar-refractivity contribution in [3.05, 3.63) is 47.8 Å². The van der Waals surface area contributed by atoms with Crippen LogP contribution in [0.2, 0.25) is 0 Å². The van der Waals surface area contributed by atoms with Gasteiger partial charge in [0.25, 0.3) is 5.91 Å². The van der Waals surface area contributed by atoms with Crippen LogP contribution in [-0.4, -0.2) is 71.3 Å². The molecule has 2 aromatic carbocycles. The van der Waals surface area contributed by atoms with Crippen molar-refractivity contribution < 1.29 is 24.2 Å². The molecule has 2 amide bonds. The Morgan fingerprint density at radius 2 is 1.81 bits per heavy atom. The molecule has 0 bridgehead atoms. The number of carboxylic acid groups (broad SMARTS) is 1. The Labute approximate surface area is 207 Å². The molecule has 0 unspecified atom stereocenters. The third kappa shape index (κ3) is 4.94. The lowest BCUT2D eigenvalue weighted by Crippen LogP contribution is -2.31. The van der Waals surface area contributed by atoms with Crippen molar-refractivity contribution in [2.24, 2.45) is 7.05 Å². The van der Waals surface area contributed by atoms with Crippen LogP contribution in [0, 0.1) is 6.92 Å². The minimum atomic E-state index is -1.00. The van der Waals surface area contributed by atoms with Gasteiger partial charge in [-0.3, -0.25) is 14.6 Å². The fourth-order valence-corrected chi connectivity index (χ4v) is 4.41. The Balaban J connectivity index is 1.75. The summed E-state index contributed by atoms with van der Waals surface area (Å²) in [7, 11) is 5.86. The number of ether oxygens (including phenoxy) is 1. The Morgan fingerprint density at radius 1 is 1.03 bits per heavy atom. The summed E-state index contributed by atoms with van der Waals surface area (Å²) in [6.07, 6.45) is 0.737. The summed E-state index contributed by atoms with van der Waals surface area (Å²) in [6.45, 7) is 3.22. The predicted molar refractivity (Wildman–Crippen MR) is 138 cm³/mol. The van der Waals surface area contributed by atoms with Gasteiger partial charge in [-0.2, -0.15) is 0 Å². The second-order valence-corrected chi connectivity index (χ2v) is 8.91. The zero-order chi connectivity index (χ0) is 26.0. The van der Waals surface area contributed by atoms with Crippen LogP contribution in [0.1, 0.15) is 22.5 Å². The number of amides is 2. The van der Waals surface area contributed by atoms with Crippen molar-refractivity contribution in [3.63, 3.8) is 0 Å². The number of hydrogen-bond acceptors (Lipinski definition) is 6. The number of pyridine rings is 1. The second-order valence-electron chi connectivity index (χ2n) is 8.91. The molecule has 10 heteroatoms. The fourth-order valence-electron chi connectivity index (χ4n) is 4.41. The average molecular weight is 492 g/mol. The number of fused-ring (bicyclic) bond motifs is 4. The molecule has 0 aliphatic rings. The predicted octanol–water partition coefficient (Wildman–Crippen LogP) is 3.04. The van der Waals surface area contributed by atoms with Crippen LogP contribution in [0.3, 0.4) is 0 Å². The van der Waals surface area contributed by atoms with Gasteiger partial charge in [-0.25, -0.2) is 4.79 Å². The van der Waals surface area contributed by atoms with Gasteiger partial charge >= 0.3 is 12.1 Å². The molecule has 2 heterocycles. The molecular formula is C26H29N5O5. The molecule has 4 rings (SSSR count). The molecule has 0 saturated heterocycles. The molecule has 2 aromatic heterocycles. The SMILES string of the molecule is Cc1c2ccnc(C(=O)NCCN(C)C)c2cc2c3cc(OC(=O)NCCC(=O)O)ccc3n(C)c12. The van der Waals surface area contributed by atoms with Crippen LogP contribution in [0.15, 0.2) is 36.5 Å². The third-order valence-electron chi connectivity index (χ3n) is 6.13. The highest BCUT2D eigenvalue weighted by Crippen LogP contribution is 2.37. The minimum absolute atomic E-state index is 0.0255. The number of nitrogens with zero attached hydrogens (tertiary/aromatic N) is 3. The van der Waals surface area contributed by atoms with Crippen molar-refractivity contribution in [3.8, 4) is 5.75 Å². The second kappa shape index (κ2) is 10.2. The summed E-state index contributed by atoms with van der Waals surface area (Å²) < 4.78 is 7.45. The van der Waals surface area contributed by atoms with Gasteiger partial charge in [-0.05, 0) is 62.3 Å². The molecular weight excluding hydrogens is 462 g/mol. The maximum atomic E-state index is 13.0. The van der Waals surface area contributed by atoms with E-state index in [0.29, 0.717) is 18.0 Å². The van der Waals surface area contributed by atoms with Crippen molar-refractivity contribution in [2.75, 3.05) is 33.7 Å². The van der Waals surface area contributed by atoms with Gasteiger partial charge in [0.2, 0.25) is 0 Å². The Kier molecular flexibility index (Phi) is 7.07. The van der Waals surface area contributed by atoms with E-state index in [2.05, 4.69) is 20.2 Å². The molecule has 0 spiro atoms. The van der Waals surface area contributed by atoms with Crippen LogP contribution >= 0.6 is 0 Å². The highest BCUT2D eigenvalue weighted by Gasteiger charge is 2.19. The van der Waals surface area contributed by atoms with E-state index < -0.39 is 12.1 Å². The van der Waals surface area contributed by atoms with E-state index >= 15 is 0 Å². The molecule has 4 aromatic rings. The summed E-state index contributed by atoms with van der Waals surface area (Å²) >= 11 is 0. The number of carbonyl (C=O) groups excluding carboxylic acids is 2. The van der Waals surface area contributed by atoms with Crippen LogP contribution < -0.4 is 15.4 Å². The Morgan fingerprint density at radius 3 is 2.53 bits per heavy atom. The van der Waals surface area contributed by atoms with E-state index in [1.807, 2.05) is 51.2 Å². The highest BCUT2D eigenvalue weighted by molar-refractivity contribution is 6.17. The molecule has 10 nitrogen and oxygen atoms in total. The number of carbonyl (C=O) groups is 3. The van der Waals surface area contributed by atoms with E-state index in [4.69, 9.17) is 9.84 Å². The van der Waals surface area contributed by atoms with E-state index in [9.17, 15) is 14.4 Å². The van der Waals surface area contributed by atoms with Gasteiger partial charge in [0.15, 0.2) is 0 Å². The van der Waals surface area contributed by atoms with E-state index in [0.717, 1.165) is 44.7 Å². The zero-order valence-electron chi connectivity index (χ0n) is 20.7. The number of nitrogens with one attached hydrogen (secondary N) is 2. The molecule has 0 saturated carbocycles. The number of aryl methyl sites for hydroxylation is 2. The Bertz CT molecular complexity index is 1490. The van der Waals surface area contributed by atoms with E-state index in [-0.39, 0.29) is 18.9 Å². The van der Waals surface area contributed by atoms with Crippen molar-refractivity contribution >= 4 is 50.5 Å². The van der Waals surface area contributed by atoms with Gasteiger partial charge in [0.1, 0.15) is 11.4 Å². The highest BCUT2D eigenvalue weighted by atomic mass is 16.6. The van der Waals surface area contributed by atoms with Crippen LogP contribution in [0.4, 0.5) is 4.79 Å². The topological polar surface area (TPSA) is 126 Å². The van der Waals surface area contributed by atoms with Crippen molar-refractivity contribution in [2.45, 2.75) is 13.3 Å². The zero-order valence-corrected chi connectivity index (χ0v) is 20.7. The lowest BCUT2D eigenvalue weighted by atomic mass is 10.00. The monoisotopic (exact) mass is 491 g/mol. The minimum Gasteiger partial charge on any atom is -0.481 e. The van der Waals surface area contributed by atoms with Gasteiger partial charge in [-0.1, -0.05) is 0 Å². The van der Waals surface area contributed by atoms with Crippen LogP contribution in [0.5, 0.6) is 5.75 Å². The average Bonchev–Trinajstić information content (AvgIpc) is 3.09. The van der Waals surface area contributed by atoms with Gasteiger partial charge in [0, 0.05) is 54.6 Å². The molecule has 3 N–H and O–H groups in total. The first-order chi connectivity index (χ1) is 17.2. The first kappa shape index (κ1) is 24.9. The standard InChI is InChI=1S/C26H29N5O5/c1-15-17-7-9-27-23(25(34)28-11-12-30(2)3)19(17)14-20-18-13-16(5-6-21(18)31(4)24(15)20)36-26(35)29-10-8-22(32)33/h5-7,9,13-14H,8,10-12H2,1-4H3,(H,28,34)(H,29,35)(H,32,33). The van der Waals surface area contributed by atoms with Gasteiger partial charge < -0.3 is 29.9 Å². The quantitative estimate of drug-likeness (QED) is 0.346. The van der Waals surface area contributed by atoms with Crippen molar-refractivity contribution in [1.29, 1.82) is 0 Å². The molecule has 188 valence electrons. The normalized spacial score (nSPS) is 11.4. The first-order valence-electron chi connectivity index (χ1n) is 11.6. The third-order valence-corrected chi connectivity index (χ3v) is 6.13. The number of aliphatic carboxylic acids is 1. The largest absolute Gasteiger partial charge is 0.481 e. The van der Waals surface area contributed by atoms with Crippen LogP contribution in [-0.2, 0) is 11.8 Å². The molecule has 0 fully saturated rings. The van der Waals surface area contributed by atoms with Gasteiger partial charge in [0.05, 0.1) is 11.9 Å². The van der Waals surface area contributed by atoms with E-state index in [1.165, 1.54) is 0 Å². The number of benzene rings is 2. The maximum absolute atomic E-state index is 13.0. The number of aromatic nitrogens is 2. The summed E-state index contributed by atoms with van der Waals surface area (Å²) in [6, 6.07) is 9.20. The number of rotatable bonds is 8.